The second-order valence-corrected chi connectivity index (χ2v) is 6.12. The van der Waals surface area contributed by atoms with Crippen molar-refractivity contribution in [2.24, 2.45) is 0 Å². The SMILES string of the molecule is CCOC(=O)/C=C/N1C(C)(C)CC(O)CC1(C)C. The normalized spacial score (nSPS) is 23.3. The smallest absolute Gasteiger partial charge is 0.332 e. The Kier molecular flexibility index (Phi) is 4.43. The standard InChI is InChI=1S/C14H25NO3/c1-6-18-12(17)7-8-15-13(2,3)9-11(16)10-14(15,4)5/h7-8,11,16H,6,9-10H2,1-5H3/b8-7+. The van der Waals surface area contributed by atoms with Crippen molar-refractivity contribution in [3.05, 3.63) is 12.3 Å². The van der Waals surface area contributed by atoms with Crippen LogP contribution in [-0.4, -0.2) is 39.8 Å². The van der Waals surface area contributed by atoms with Crippen LogP contribution < -0.4 is 0 Å². The monoisotopic (exact) mass is 255 g/mol. The quantitative estimate of drug-likeness (QED) is 0.619. The molecule has 0 aromatic heterocycles. The second kappa shape index (κ2) is 5.31. The van der Waals surface area contributed by atoms with Crippen LogP contribution in [0, 0.1) is 0 Å². The molecule has 0 bridgehead atoms. The van der Waals surface area contributed by atoms with Gasteiger partial charge >= 0.3 is 5.97 Å². The number of nitrogens with zero attached hydrogens (tertiary/aromatic N) is 1. The van der Waals surface area contributed by atoms with Gasteiger partial charge in [0, 0.05) is 23.4 Å². The highest BCUT2D eigenvalue weighted by atomic mass is 16.5. The van der Waals surface area contributed by atoms with Gasteiger partial charge in [-0.2, -0.15) is 0 Å². The Hall–Kier alpha value is -1.03. The van der Waals surface area contributed by atoms with Crippen molar-refractivity contribution < 1.29 is 14.6 Å². The topological polar surface area (TPSA) is 49.8 Å². The van der Waals surface area contributed by atoms with Gasteiger partial charge in [-0.05, 0) is 47.5 Å². The largest absolute Gasteiger partial charge is 0.463 e. The lowest BCUT2D eigenvalue weighted by Crippen LogP contribution is -2.59. The highest BCUT2D eigenvalue weighted by Gasteiger charge is 2.43. The Balaban J connectivity index is 2.86. The maximum Gasteiger partial charge on any atom is 0.332 e. The first-order chi connectivity index (χ1) is 8.19. The summed E-state index contributed by atoms with van der Waals surface area (Å²) in [5, 5.41) is 9.92. The number of hydrogen-bond acceptors (Lipinski definition) is 4. The first kappa shape index (κ1) is 15.0. The van der Waals surface area contributed by atoms with Crippen molar-refractivity contribution in [3.63, 3.8) is 0 Å². The molecule has 0 radical (unpaired) electrons. The van der Waals surface area contributed by atoms with Crippen molar-refractivity contribution in [1.82, 2.24) is 4.90 Å². The van der Waals surface area contributed by atoms with Gasteiger partial charge in [-0.25, -0.2) is 4.79 Å². The van der Waals surface area contributed by atoms with Crippen LogP contribution in [0.3, 0.4) is 0 Å². The number of piperidine rings is 1. The van der Waals surface area contributed by atoms with Crippen molar-refractivity contribution >= 4 is 5.97 Å². The number of aliphatic hydroxyl groups is 1. The Labute approximate surface area is 110 Å². The molecular formula is C14H25NO3. The average Bonchev–Trinajstić information content (AvgIpc) is 2.12. The number of esters is 1. The fourth-order valence-corrected chi connectivity index (χ4v) is 2.97. The van der Waals surface area contributed by atoms with Crippen molar-refractivity contribution in [1.29, 1.82) is 0 Å². The minimum atomic E-state index is -0.324. The number of ether oxygens (including phenoxy) is 1. The predicted octanol–water partition coefficient (Wildman–Crippen LogP) is 2.08. The molecule has 0 spiro atoms. The molecule has 1 aliphatic rings. The third-order valence-corrected chi connectivity index (χ3v) is 3.42. The Morgan fingerprint density at radius 2 is 1.83 bits per heavy atom. The van der Waals surface area contributed by atoms with Gasteiger partial charge in [-0.15, -0.1) is 0 Å². The molecule has 4 nitrogen and oxygen atoms in total. The number of rotatable bonds is 3. The number of hydrogen-bond donors (Lipinski definition) is 1. The van der Waals surface area contributed by atoms with E-state index in [1.165, 1.54) is 6.08 Å². The molecule has 1 aliphatic heterocycles. The molecule has 0 atom stereocenters. The summed E-state index contributed by atoms with van der Waals surface area (Å²) in [5.74, 6) is -0.324. The Bertz CT molecular complexity index is 316. The molecule has 104 valence electrons. The molecule has 0 unspecified atom stereocenters. The zero-order valence-corrected chi connectivity index (χ0v) is 12.1. The summed E-state index contributed by atoms with van der Waals surface area (Å²) in [5.41, 5.74) is -0.353. The van der Waals surface area contributed by atoms with Crippen LogP contribution in [0.2, 0.25) is 0 Å². The number of carbonyl (C=O) groups is 1. The van der Waals surface area contributed by atoms with Gasteiger partial charge in [0.1, 0.15) is 0 Å². The van der Waals surface area contributed by atoms with E-state index >= 15 is 0 Å². The zero-order chi connectivity index (χ0) is 14.0. The maximum atomic E-state index is 11.4. The summed E-state index contributed by atoms with van der Waals surface area (Å²) in [6.07, 6.45) is 4.36. The van der Waals surface area contributed by atoms with E-state index in [-0.39, 0.29) is 23.2 Å². The number of carbonyl (C=O) groups excluding carboxylic acids is 1. The van der Waals surface area contributed by atoms with Crippen molar-refractivity contribution in [2.75, 3.05) is 6.61 Å². The van der Waals surface area contributed by atoms with E-state index in [1.54, 1.807) is 13.1 Å². The van der Waals surface area contributed by atoms with E-state index in [0.29, 0.717) is 19.4 Å². The van der Waals surface area contributed by atoms with Gasteiger partial charge in [-0.3, -0.25) is 0 Å². The van der Waals surface area contributed by atoms with Crippen LogP contribution in [0.4, 0.5) is 0 Å². The fraction of sp³-hybridized carbons (Fsp3) is 0.786. The number of aliphatic hydroxyl groups excluding tert-OH is 1. The van der Waals surface area contributed by atoms with Crippen LogP contribution in [-0.2, 0) is 9.53 Å². The van der Waals surface area contributed by atoms with Gasteiger partial charge in [0.2, 0.25) is 0 Å². The van der Waals surface area contributed by atoms with Crippen LogP contribution in [0.25, 0.3) is 0 Å². The van der Waals surface area contributed by atoms with Crippen LogP contribution in [0.5, 0.6) is 0 Å². The molecule has 0 aromatic carbocycles. The molecule has 1 rings (SSSR count). The van der Waals surface area contributed by atoms with Gasteiger partial charge in [-0.1, -0.05) is 0 Å². The van der Waals surface area contributed by atoms with E-state index in [2.05, 4.69) is 32.6 Å². The molecule has 18 heavy (non-hydrogen) atoms. The third-order valence-electron chi connectivity index (χ3n) is 3.42. The third kappa shape index (κ3) is 3.48. The minimum absolute atomic E-state index is 0.176. The van der Waals surface area contributed by atoms with Crippen LogP contribution in [0.15, 0.2) is 12.3 Å². The average molecular weight is 255 g/mol. The molecule has 1 fully saturated rings. The summed E-state index contributed by atoms with van der Waals surface area (Å²) in [6, 6.07) is 0. The first-order valence-corrected chi connectivity index (χ1v) is 6.51. The molecule has 0 amide bonds. The number of likely N-dealkylation sites (tertiary alicyclic amines) is 1. The lowest BCUT2D eigenvalue weighted by Gasteiger charge is -2.54. The second-order valence-electron chi connectivity index (χ2n) is 6.12. The summed E-state index contributed by atoms with van der Waals surface area (Å²) in [6.45, 7) is 10.5. The van der Waals surface area contributed by atoms with Crippen LogP contribution in [0.1, 0.15) is 47.5 Å². The fourth-order valence-electron chi connectivity index (χ4n) is 2.97. The Morgan fingerprint density at radius 1 is 1.33 bits per heavy atom. The summed E-state index contributed by atoms with van der Waals surface area (Å²) in [4.78, 5) is 13.5. The minimum Gasteiger partial charge on any atom is -0.463 e. The molecule has 0 aromatic rings. The predicted molar refractivity (Wildman–Crippen MR) is 71.0 cm³/mol. The molecule has 0 aliphatic carbocycles. The molecule has 0 saturated carbocycles. The van der Waals surface area contributed by atoms with E-state index < -0.39 is 0 Å². The van der Waals surface area contributed by atoms with Crippen molar-refractivity contribution in [2.45, 2.75) is 64.6 Å². The zero-order valence-electron chi connectivity index (χ0n) is 12.1. The molecular weight excluding hydrogens is 230 g/mol. The molecule has 1 N–H and O–H groups in total. The van der Waals surface area contributed by atoms with Crippen molar-refractivity contribution in [3.8, 4) is 0 Å². The van der Waals surface area contributed by atoms with Crippen LogP contribution >= 0.6 is 0 Å². The van der Waals surface area contributed by atoms with Gasteiger partial charge in [0.25, 0.3) is 0 Å². The van der Waals surface area contributed by atoms with Gasteiger partial charge in [0.15, 0.2) is 0 Å². The van der Waals surface area contributed by atoms with E-state index in [9.17, 15) is 9.90 Å². The maximum absolute atomic E-state index is 11.4. The highest BCUT2D eigenvalue weighted by Crippen LogP contribution is 2.38. The molecule has 1 saturated heterocycles. The van der Waals surface area contributed by atoms with E-state index in [1.807, 2.05) is 0 Å². The van der Waals surface area contributed by atoms with Gasteiger partial charge in [0.05, 0.1) is 12.7 Å². The van der Waals surface area contributed by atoms with E-state index in [4.69, 9.17) is 4.74 Å². The summed E-state index contributed by atoms with van der Waals surface area (Å²) in [7, 11) is 0. The molecule has 1 heterocycles. The Morgan fingerprint density at radius 3 is 2.28 bits per heavy atom. The van der Waals surface area contributed by atoms with E-state index in [0.717, 1.165) is 0 Å². The first-order valence-electron chi connectivity index (χ1n) is 6.51. The lowest BCUT2D eigenvalue weighted by atomic mass is 9.78. The van der Waals surface area contributed by atoms with Gasteiger partial charge < -0.3 is 14.7 Å². The summed E-state index contributed by atoms with van der Waals surface area (Å²) >= 11 is 0. The lowest BCUT2D eigenvalue weighted by molar-refractivity contribution is -0.137. The summed E-state index contributed by atoms with van der Waals surface area (Å²) < 4.78 is 4.89. The highest BCUT2D eigenvalue weighted by molar-refractivity contribution is 5.81. The molecule has 4 heteroatoms.